The summed E-state index contributed by atoms with van der Waals surface area (Å²) >= 11 is 0. The third kappa shape index (κ3) is 4.27. The largest absolute Gasteiger partial charge is 0.480 e. The molecule has 0 unspecified atom stereocenters. The summed E-state index contributed by atoms with van der Waals surface area (Å²) in [6.07, 6.45) is 1.95. The first kappa shape index (κ1) is 19.7. The highest BCUT2D eigenvalue weighted by atomic mass is 16.4. The Kier molecular flexibility index (Phi) is 5.64. The highest BCUT2D eigenvalue weighted by Crippen LogP contribution is 2.12. The van der Waals surface area contributed by atoms with E-state index in [9.17, 15) is 29.1 Å². The maximum absolute atomic E-state index is 12.4. The summed E-state index contributed by atoms with van der Waals surface area (Å²) < 4.78 is 0. The number of carboxylic acid groups (broad SMARTS) is 1. The summed E-state index contributed by atoms with van der Waals surface area (Å²) in [6, 6.07) is 13.0. The van der Waals surface area contributed by atoms with E-state index in [1.165, 1.54) is 24.3 Å². The minimum absolute atomic E-state index is 0.193. The SMILES string of the molecule is O=C(NC[C@@H](C(=O)O)N1C(=O)C=CC1=O)c1ccc(C(=O)c2ccccc2)cc1. The molecule has 0 radical (unpaired) electrons. The molecule has 1 aliphatic rings. The molecule has 0 spiro atoms. The third-order valence-electron chi connectivity index (χ3n) is 4.34. The van der Waals surface area contributed by atoms with Gasteiger partial charge in [-0.05, 0) is 12.1 Å². The summed E-state index contributed by atoms with van der Waals surface area (Å²) in [5, 5.41) is 11.7. The van der Waals surface area contributed by atoms with Crippen molar-refractivity contribution in [2.24, 2.45) is 0 Å². The molecule has 146 valence electrons. The van der Waals surface area contributed by atoms with Crippen LogP contribution in [0, 0.1) is 0 Å². The number of carbonyl (C=O) groups is 5. The topological polar surface area (TPSA) is 121 Å². The number of hydrogen-bond donors (Lipinski definition) is 2. The zero-order valence-electron chi connectivity index (χ0n) is 15.1. The first-order valence-electron chi connectivity index (χ1n) is 8.64. The zero-order valence-corrected chi connectivity index (χ0v) is 15.1. The second-order valence-corrected chi connectivity index (χ2v) is 6.22. The van der Waals surface area contributed by atoms with Gasteiger partial charge in [-0.25, -0.2) is 4.79 Å². The van der Waals surface area contributed by atoms with Gasteiger partial charge in [0.1, 0.15) is 0 Å². The van der Waals surface area contributed by atoms with Crippen LogP contribution in [-0.2, 0) is 14.4 Å². The first-order valence-corrected chi connectivity index (χ1v) is 8.64. The van der Waals surface area contributed by atoms with Gasteiger partial charge in [0.15, 0.2) is 11.8 Å². The van der Waals surface area contributed by atoms with Gasteiger partial charge in [0, 0.05) is 35.4 Å². The van der Waals surface area contributed by atoms with Crippen molar-refractivity contribution in [2.75, 3.05) is 6.54 Å². The molecule has 0 fully saturated rings. The fourth-order valence-corrected chi connectivity index (χ4v) is 2.83. The van der Waals surface area contributed by atoms with E-state index in [4.69, 9.17) is 0 Å². The third-order valence-corrected chi connectivity index (χ3v) is 4.34. The summed E-state index contributed by atoms with van der Waals surface area (Å²) in [5.74, 6) is -3.70. The minimum atomic E-state index is -1.52. The number of aliphatic carboxylic acids is 1. The smallest absolute Gasteiger partial charge is 0.328 e. The maximum Gasteiger partial charge on any atom is 0.328 e. The van der Waals surface area contributed by atoms with Crippen molar-refractivity contribution in [2.45, 2.75) is 6.04 Å². The summed E-state index contributed by atoms with van der Waals surface area (Å²) in [5.41, 5.74) is 1.12. The fraction of sp³-hybridized carbons (Fsp3) is 0.0952. The average Bonchev–Trinajstić information content (AvgIpc) is 3.06. The lowest BCUT2D eigenvalue weighted by Crippen LogP contribution is -2.51. The summed E-state index contributed by atoms with van der Waals surface area (Å²) in [7, 11) is 0. The molecule has 0 aliphatic carbocycles. The van der Waals surface area contributed by atoms with E-state index >= 15 is 0 Å². The number of rotatable bonds is 7. The summed E-state index contributed by atoms with van der Waals surface area (Å²) in [6.45, 7) is -0.446. The van der Waals surface area contributed by atoms with Gasteiger partial charge in [-0.15, -0.1) is 0 Å². The Labute approximate surface area is 165 Å². The molecule has 2 aromatic carbocycles. The quantitative estimate of drug-likeness (QED) is 0.536. The second-order valence-electron chi connectivity index (χ2n) is 6.22. The molecule has 0 saturated carbocycles. The Morgan fingerprint density at radius 2 is 1.34 bits per heavy atom. The number of hydrogen-bond acceptors (Lipinski definition) is 5. The van der Waals surface area contributed by atoms with Crippen molar-refractivity contribution in [3.05, 3.63) is 83.4 Å². The molecular weight excluding hydrogens is 376 g/mol. The predicted octanol–water partition coefficient (Wildman–Crippen LogP) is 1.03. The van der Waals surface area contributed by atoms with E-state index in [0.717, 1.165) is 12.2 Å². The number of ketones is 1. The molecule has 8 nitrogen and oxygen atoms in total. The maximum atomic E-state index is 12.4. The Bertz CT molecular complexity index is 993. The van der Waals surface area contributed by atoms with Crippen LogP contribution in [0.4, 0.5) is 0 Å². The molecule has 3 amide bonds. The van der Waals surface area contributed by atoms with Gasteiger partial charge in [0.25, 0.3) is 17.7 Å². The van der Waals surface area contributed by atoms with Gasteiger partial charge >= 0.3 is 5.97 Å². The van der Waals surface area contributed by atoms with E-state index in [1.54, 1.807) is 30.3 Å². The van der Waals surface area contributed by atoms with E-state index in [0.29, 0.717) is 16.0 Å². The fourth-order valence-electron chi connectivity index (χ4n) is 2.83. The predicted molar refractivity (Wildman–Crippen MR) is 101 cm³/mol. The van der Waals surface area contributed by atoms with Crippen LogP contribution < -0.4 is 5.32 Å². The summed E-state index contributed by atoms with van der Waals surface area (Å²) in [4.78, 5) is 60.0. The number of benzene rings is 2. The highest BCUT2D eigenvalue weighted by Gasteiger charge is 2.36. The van der Waals surface area contributed by atoms with Gasteiger partial charge in [-0.1, -0.05) is 42.5 Å². The first-order chi connectivity index (χ1) is 13.9. The van der Waals surface area contributed by atoms with Crippen molar-refractivity contribution < 1.29 is 29.1 Å². The Hall–Kier alpha value is -4.07. The molecule has 8 heteroatoms. The van der Waals surface area contributed by atoms with Crippen LogP contribution >= 0.6 is 0 Å². The van der Waals surface area contributed by atoms with Crippen LogP contribution in [0.5, 0.6) is 0 Å². The van der Waals surface area contributed by atoms with Crippen LogP contribution in [0.1, 0.15) is 26.3 Å². The average molecular weight is 392 g/mol. The molecule has 2 N–H and O–H groups in total. The molecule has 3 rings (SSSR count). The molecule has 0 aromatic heterocycles. The standard InChI is InChI=1S/C21H16N2O6/c24-17-10-11-18(25)23(17)16(21(28)29)12-22-20(27)15-8-6-14(7-9-15)19(26)13-4-2-1-3-5-13/h1-11,16H,12H2,(H,22,27)(H,28,29)/t16-/m0/s1. The second kappa shape index (κ2) is 8.30. The monoisotopic (exact) mass is 392 g/mol. The molecule has 0 saturated heterocycles. The number of carboxylic acids is 1. The van der Waals surface area contributed by atoms with Gasteiger partial charge in [0.05, 0.1) is 0 Å². The molecule has 1 aliphatic heterocycles. The normalized spacial score (nSPS) is 14.0. The zero-order chi connectivity index (χ0) is 21.0. The van der Waals surface area contributed by atoms with Crippen molar-refractivity contribution >= 4 is 29.5 Å². The van der Waals surface area contributed by atoms with Gasteiger partial charge < -0.3 is 10.4 Å². The van der Waals surface area contributed by atoms with Crippen molar-refractivity contribution in [1.29, 1.82) is 0 Å². The number of nitrogens with zero attached hydrogens (tertiary/aromatic N) is 1. The minimum Gasteiger partial charge on any atom is -0.480 e. The molecule has 29 heavy (non-hydrogen) atoms. The van der Waals surface area contributed by atoms with Gasteiger partial charge in [-0.3, -0.25) is 24.1 Å². The molecule has 1 atom stereocenters. The van der Waals surface area contributed by atoms with Crippen molar-refractivity contribution in [1.82, 2.24) is 10.2 Å². The Balaban J connectivity index is 1.66. The van der Waals surface area contributed by atoms with E-state index in [1.807, 2.05) is 0 Å². The van der Waals surface area contributed by atoms with Crippen molar-refractivity contribution in [3.8, 4) is 0 Å². The Morgan fingerprint density at radius 3 is 1.90 bits per heavy atom. The van der Waals surface area contributed by atoms with Gasteiger partial charge in [-0.2, -0.15) is 0 Å². The van der Waals surface area contributed by atoms with Crippen LogP contribution in [0.25, 0.3) is 0 Å². The molecule has 0 bridgehead atoms. The highest BCUT2D eigenvalue weighted by molar-refractivity contribution is 6.15. The lowest BCUT2D eigenvalue weighted by Gasteiger charge is -2.22. The Morgan fingerprint density at radius 1 is 0.828 bits per heavy atom. The number of imide groups is 1. The molecular formula is C21H16N2O6. The van der Waals surface area contributed by atoms with E-state index in [2.05, 4.69) is 5.32 Å². The van der Waals surface area contributed by atoms with E-state index in [-0.39, 0.29) is 11.3 Å². The van der Waals surface area contributed by atoms with Crippen LogP contribution in [0.2, 0.25) is 0 Å². The van der Waals surface area contributed by atoms with Gasteiger partial charge in [0.2, 0.25) is 0 Å². The van der Waals surface area contributed by atoms with Crippen LogP contribution in [0.15, 0.2) is 66.7 Å². The molecule has 1 heterocycles. The lowest BCUT2D eigenvalue weighted by atomic mass is 10.0. The lowest BCUT2D eigenvalue weighted by molar-refractivity contribution is -0.153. The van der Waals surface area contributed by atoms with Crippen LogP contribution in [0.3, 0.4) is 0 Å². The molecule has 2 aromatic rings. The van der Waals surface area contributed by atoms with Crippen LogP contribution in [-0.4, -0.2) is 52.1 Å². The number of nitrogens with one attached hydrogen (secondary N) is 1. The number of amides is 3. The van der Waals surface area contributed by atoms with E-state index < -0.39 is 36.3 Å². The van der Waals surface area contributed by atoms with Crippen molar-refractivity contribution in [3.63, 3.8) is 0 Å². The number of carbonyl (C=O) groups excluding carboxylic acids is 4.